The number of anilines is 1. The molecular formula is C13H18ClNO. The van der Waals surface area contributed by atoms with Crippen molar-refractivity contribution >= 4 is 23.2 Å². The first-order chi connectivity index (χ1) is 7.54. The van der Waals surface area contributed by atoms with E-state index in [4.69, 9.17) is 11.6 Å². The molecule has 16 heavy (non-hydrogen) atoms. The third-order valence-electron chi connectivity index (χ3n) is 2.72. The summed E-state index contributed by atoms with van der Waals surface area (Å²) in [6, 6.07) is 7.92. The summed E-state index contributed by atoms with van der Waals surface area (Å²) in [5.74, 6) is 0.384. The van der Waals surface area contributed by atoms with Crippen LogP contribution < -0.4 is 5.32 Å². The van der Waals surface area contributed by atoms with Gasteiger partial charge in [-0.3, -0.25) is 4.79 Å². The van der Waals surface area contributed by atoms with Gasteiger partial charge < -0.3 is 5.32 Å². The first-order valence-electron chi connectivity index (χ1n) is 5.59. The molecule has 1 aromatic carbocycles. The Morgan fingerprint density at radius 2 is 1.88 bits per heavy atom. The van der Waals surface area contributed by atoms with Gasteiger partial charge in [0.2, 0.25) is 5.91 Å². The van der Waals surface area contributed by atoms with E-state index in [0.29, 0.717) is 5.92 Å². The highest BCUT2D eigenvalue weighted by atomic mass is 35.5. The van der Waals surface area contributed by atoms with E-state index in [1.54, 1.807) is 6.92 Å². The Hall–Kier alpha value is -1.02. The van der Waals surface area contributed by atoms with Gasteiger partial charge in [0.15, 0.2) is 0 Å². The van der Waals surface area contributed by atoms with Crippen molar-refractivity contribution in [1.29, 1.82) is 0 Å². The molecule has 1 aromatic rings. The summed E-state index contributed by atoms with van der Waals surface area (Å²) in [5, 5.41) is 2.25. The number of amides is 1. The van der Waals surface area contributed by atoms with E-state index in [1.165, 1.54) is 5.56 Å². The minimum Gasteiger partial charge on any atom is -0.325 e. The van der Waals surface area contributed by atoms with Gasteiger partial charge in [-0.2, -0.15) is 0 Å². The largest absolute Gasteiger partial charge is 0.325 e. The second-order valence-electron chi connectivity index (χ2n) is 4.04. The van der Waals surface area contributed by atoms with Crippen LogP contribution >= 0.6 is 11.6 Å². The zero-order valence-electron chi connectivity index (χ0n) is 9.96. The number of benzene rings is 1. The lowest BCUT2D eigenvalue weighted by atomic mass is 9.99. The van der Waals surface area contributed by atoms with Gasteiger partial charge in [-0.15, -0.1) is 11.6 Å². The highest BCUT2D eigenvalue weighted by Gasteiger charge is 2.09. The molecule has 0 aromatic heterocycles. The lowest BCUT2D eigenvalue weighted by Crippen LogP contribution is -2.20. The molecule has 0 aliphatic heterocycles. The molecule has 3 heteroatoms. The van der Waals surface area contributed by atoms with E-state index >= 15 is 0 Å². The molecule has 0 radical (unpaired) electrons. The van der Waals surface area contributed by atoms with Crippen LogP contribution in [0.1, 0.15) is 38.7 Å². The fourth-order valence-corrected chi connectivity index (χ4v) is 1.43. The molecule has 0 heterocycles. The van der Waals surface area contributed by atoms with Crippen molar-refractivity contribution < 1.29 is 4.79 Å². The van der Waals surface area contributed by atoms with Crippen LogP contribution in [0.3, 0.4) is 0 Å². The van der Waals surface area contributed by atoms with E-state index in [9.17, 15) is 4.79 Å². The maximum absolute atomic E-state index is 11.3. The second kappa shape index (κ2) is 5.90. The van der Waals surface area contributed by atoms with Crippen LogP contribution in [-0.4, -0.2) is 11.3 Å². The lowest BCUT2D eigenvalue weighted by molar-refractivity contribution is -0.115. The molecule has 0 aliphatic carbocycles. The molecule has 0 saturated carbocycles. The summed E-state index contributed by atoms with van der Waals surface area (Å²) in [5.41, 5.74) is 2.09. The van der Waals surface area contributed by atoms with Crippen LogP contribution in [-0.2, 0) is 4.79 Å². The summed E-state index contributed by atoms with van der Waals surface area (Å²) in [7, 11) is 0. The minimum absolute atomic E-state index is 0.169. The number of hydrogen-bond donors (Lipinski definition) is 1. The minimum atomic E-state index is -0.505. The summed E-state index contributed by atoms with van der Waals surface area (Å²) >= 11 is 5.67. The average molecular weight is 240 g/mol. The molecule has 2 atom stereocenters. The summed E-state index contributed by atoms with van der Waals surface area (Å²) in [6.07, 6.45) is 1.12. The van der Waals surface area contributed by atoms with Gasteiger partial charge in [0.25, 0.3) is 0 Å². The van der Waals surface area contributed by atoms with Crippen molar-refractivity contribution in [3.8, 4) is 0 Å². The monoisotopic (exact) mass is 239 g/mol. The quantitative estimate of drug-likeness (QED) is 0.797. The van der Waals surface area contributed by atoms with E-state index < -0.39 is 5.38 Å². The number of halogens is 1. The Bertz CT molecular complexity index is 345. The van der Waals surface area contributed by atoms with E-state index in [0.717, 1.165) is 12.1 Å². The SMILES string of the molecule is CCC(C)c1ccc(NC(=O)C(C)Cl)cc1. The number of alkyl halides is 1. The molecule has 0 fully saturated rings. The lowest BCUT2D eigenvalue weighted by Gasteiger charge is -2.11. The Balaban J connectivity index is 2.68. The molecule has 1 amide bonds. The molecule has 0 saturated heterocycles. The average Bonchev–Trinajstić information content (AvgIpc) is 2.28. The second-order valence-corrected chi connectivity index (χ2v) is 4.69. The Morgan fingerprint density at radius 3 is 2.31 bits per heavy atom. The standard InChI is InChI=1S/C13H18ClNO/c1-4-9(2)11-5-7-12(8-6-11)15-13(16)10(3)14/h5-10H,4H2,1-3H3,(H,15,16). The maximum atomic E-state index is 11.3. The highest BCUT2D eigenvalue weighted by Crippen LogP contribution is 2.20. The highest BCUT2D eigenvalue weighted by molar-refractivity contribution is 6.32. The van der Waals surface area contributed by atoms with Gasteiger partial charge in [-0.1, -0.05) is 26.0 Å². The fraction of sp³-hybridized carbons (Fsp3) is 0.462. The molecule has 0 spiro atoms. The van der Waals surface area contributed by atoms with Gasteiger partial charge in [-0.05, 0) is 37.0 Å². The zero-order chi connectivity index (χ0) is 12.1. The first kappa shape index (κ1) is 13.0. The number of carbonyl (C=O) groups is 1. The van der Waals surface area contributed by atoms with Gasteiger partial charge >= 0.3 is 0 Å². The van der Waals surface area contributed by atoms with Crippen LogP contribution in [0.4, 0.5) is 5.69 Å². The number of carbonyl (C=O) groups excluding carboxylic acids is 1. The Morgan fingerprint density at radius 1 is 1.31 bits per heavy atom. The predicted octanol–water partition coefficient (Wildman–Crippen LogP) is 3.77. The van der Waals surface area contributed by atoms with Crippen molar-refractivity contribution in [1.82, 2.24) is 0 Å². The van der Waals surface area contributed by atoms with Crippen molar-refractivity contribution in [3.05, 3.63) is 29.8 Å². The molecule has 88 valence electrons. The Kier molecular flexibility index (Phi) is 4.81. The van der Waals surface area contributed by atoms with E-state index in [2.05, 4.69) is 19.2 Å². The fourth-order valence-electron chi connectivity index (χ4n) is 1.37. The number of rotatable bonds is 4. The molecule has 1 rings (SSSR count). The smallest absolute Gasteiger partial charge is 0.242 e. The predicted molar refractivity (Wildman–Crippen MR) is 69.1 cm³/mol. The van der Waals surface area contributed by atoms with Crippen LogP contribution in [0, 0.1) is 0 Å². The molecule has 2 unspecified atom stereocenters. The third-order valence-corrected chi connectivity index (χ3v) is 2.92. The molecule has 1 N–H and O–H groups in total. The van der Waals surface area contributed by atoms with Gasteiger partial charge in [0.1, 0.15) is 5.38 Å². The molecule has 0 bridgehead atoms. The first-order valence-corrected chi connectivity index (χ1v) is 6.03. The van der Waals surface area contributed by atoms with Crippen LogP contribution in [0.5, 0.6) is 0 Å². The summed E-state index contributed by atoms with van der Waals surface area (Å²) in [6.45, 7) is 6.01. The third kappa shape index (κ3) is 3.53. The van der Waals surface area contributed by atoms with Crippen molar-refractivity contribution in [2.24, 2.45) is 0 Å². The van der Waals surface area contributed by atoms with Gasteiger partial charge in [-0.25, -0.2) is 0 Å². The molecule has 2 nitrogen and oxygen atoms in total. The van der Waals surface area contributed by atoms with Crippen LogP contribution in [0.25, 0.3) is 0 Å². The topological polar surface area (TPSA) is 29.1 Å². The zero-order valence-corrected chi connectivity index (χ0v) is 10.7. The van der Waals surface area contributed by atoms with Crippen molar-refractivity contribution in [2.75, 3.05) is 5.32 Å². The van der Waals surface area contributed by atoms with Crippen LogP contribution in [0.2, 0.25) is 0 Å². The molecular weight excluding hydrogens is 222 g/mol. The van der Waals surface area contributed by atoms with Gasteiger partial charge in [0, 0.05) is 5.69 Å². The van der Waals surface area contributed by atoms with Gasteiger partial charge in [0.05, 0.1) is 0 Å². The van der Waals surface area contributed by atoms with E-state index in [-0.39, 0.29) is 5.91 Å². The normalized spacial score (nSPS) is 14.2. The Labute approximate surface area is 102 Å². The van der Waals surface area contributed by atoms with E-state index in [1.807, 2.05) is 24.3 Å². The van der Waals surface area contributed by atoms with Crippen LogP contribution in [0.15, 0.2) is 24.3 Å². The van der Waals surface area contributed by atoms with Crippen molar-refractivity contribution in [3.63, 3.8) is 0 Å². The van der Waals surface area contributed by atoms with Crippen molar-refractivity contribution in [2.45, 2.75) is 38.5 Å². The number of nitrogens with one attached hydrogen (secondary N) is 1. The summed E-state index contributed by atoms with van der Waals surface area (Å²) in [4.78, 5) is 11.3. The maximum Gasteiger partial charge on any atom is 0.242 e. The summed E-state index contributed by atoms with van der Waals surface area (Å²) < 4.78 is 0. The number of hydrogen-bond acceptors (Lipinski definition) is 1. The molecule has 0 aliphatic rings.